The second kappa shape index (κ2) is 11.5. The van der Waals surface area contributed by atoms with E-state index in [0.717, 1.165) is 13.1 Å². The summed E-state index contributed by atoms with van der Waals surface area (Å²) < 4.78 is 0. The van der Waals surface area contributed by atoms with Crippen molar-refractivity contribution < 1.29 is 9.90 Å². The molecule has 0 aliphatic carbocycles. The van der Waals surface area contributed by atoms with Crippen molar-refractivity contribution >= 4 is 5.91 Å². The molecule has 0 bridgehead atoms. The first-order chi connectivity index (χ1) is 7.25. The number of rotatable bonds is 1. The van der Waals surface area contributed by atoms with Crippen LogP contribution in [0.3, 0.4) is 0 Å². The highest BCUT2D eigenvalue weighted by Crippen LogP contribution is 2.01. The van der Waals surface area contributed by atoms with Gasteiger partial charge >= 0.3 is 0 Å². The second-order valence-corrected chi connectivity index (χ2v) is 2.80. The molecule has 15 heavy (non-hydrogen) atoms. The average Bonchev–Trinajstić information content (AvgIpc) is 2.34. The van der Waals surface area contributed by atoms with Crippen LogP contribution in [0.1, 0.15) is 34.6 Å². The summed E-state index contributed by atoms with van der Waals surface area (Å²) in [7, 11) is 0. The molecule has 1 amide bonds. The first kappa shape index (κ1) is 16.8. The van der Waals surface area contributed by atoms with Crippen LogP contribution in [-0.4, -0.2) is 48.2 Å². The monoisotopic (exact) mass is 218 g/mol. The van der Waals surface area contributed by atoms with E-state index in [4.69, 9.17) is 5.11 Å². The minimum atomic E-state index is -0.371. The molecule has 0 unspecified atom stereocenters. The third kappa shape index (κ3) is 6.47. The average molecular weight is 218 g/mol. The van der Waals surface area contributed by atoms with Crippen molar-refractivity contribution in [3.05, 3.63) is 0 Å². The van der Waals surface area contributed by atoms with Crippen molar-refractivity contribution in [1.29, 1.82) is 0 Å². The van der Waals surface area contributed by atoms with Crippen LogP contribution in [-0.2, 0) is 4.79 Å². The maximum Gasteiger partial charge on any atom is 0.248 e. The Morgan fingerprint density at radius 2 is 1.93 bits per heavy atom. The number of nitrogens with one attached hydrogen (secondary N) is 1. The van der Waals surface area contributed by atoms with Crippen molar-refractivity contribution in [2.24, 2.45) is 0 Å². The number of piperazine rings is 1. The van der Waals surface area contributed by atoms with E-state index in [-0.39, 0.29) is 18.6 Å². The maximum absolute atomic E-state index is 11.0. The van der Waals surface area contributed by atoms with E-state index in [1.807, 2.05) is 34.6 Å². The molecule has 2 N–H and O–H groups in total. The molecule has 0 spiro atoms. The van der Waals surface area contributed by atoms with Crippen LogP contribution in [0, 0.1) is 0 Å². The summed E-state index contributed by atoms with van der Waals surface area (Å²) >= 11 is 0. The Kier molecular flexibility index (Phi) is 12.8. The minimum Gasteiger partial charge on any atom is -0.387 e. The van der Waals surface area contributed by atoms with Crippen molar-refractivity contribution in [2.75, 3.05) is 26.2 Å². The van der Waals surface area contributed by atoms with Gasteiger partial charge < -0.3 is 15.3 Å². The largest absolute Gasteiger partial charge is 0.387 e. The van der Waals surface area contributed by atoms with Gasteiger partial charge in [0, 0.05) is 25.7 Å². The van der Waals surface area contributed by atoms with Gasteiger partial charge in [0.05, 0.1) is 0 Å². The van der Waals surface area contributed by atoms with Gasteiger partial charge in [-0.3, -0.25) is 4.79 Å². The van der Waals surface area contributed by atoms with Gasteiger partial charge in [-0.15, -0.1) is 0 Å². The molecule has 1 heterocycles. The third-order valence-electron chi connectivity index (χ3n) is 1.96. The summed E-state index contributed by atoms with van der Waals surface area (Å²) in [5.41, 5.74) is 0. The Labute approximate surface area is 93.7 Å². The number of hydrogen-bond acceptors (Lipinski definition) is 3. The Bertz CT molecular complexity index is 152. The number of nitrogens with zero attached hydrogens (tertiary/aromatic N) is 1. The lowest BCUT2D eigenvalue weighted by Gasteiger charge is -2.33. The Balaban J connectivity index is 0. The molecule has 0 radical (unpaired) electrons. The fraction of sp³-hybridized carbons (Fsp3) is 0.909. The molecule has 1 aliphatic heterocycles. The lowest BCUT2D eigenvalue weighted by atomic mass is 10.2. The zero-order valence-electron chi connectivity index (χ0n) is 10.7. The van der Waals surface area contributed by atoms with Gasteiger partial charge in [0.15, 0.2) is 0 Å². The zero-order chi connectivity index (χ0) is 12.3. The van der Waals surface area contributed by atoms with Crippen LogP contribution in [0.4, 0.5) is 0 Å². The molecule has 1 aliphatic rings. The normalized spacial score (nSPS) is 19.3. The van der Waals surface area contributed by atoms with Crippen LogP contribution in [0.25, 0.3) is 0 Å². The quantitative estimate of drug-likeness (QED) is 0.686. The summed E-state index contributed by atoms with van der Waals surface area (Å²) in [5.74, 6) is -0.168. The first-order valence-corrected chi connectivity index (χ1v) is 5.86. The summed E-state index contributed by atoms with van der Waals surface area (Å²) in [6, 6.07) is 0.211. The lowest BCUT2D eigenvalue weighted by Crippen LogP contribution is -2.53. The Hall–Kier alpha value is -0.610. The molecular formula is C11H26N2O2. The van der Waals surface area contributed by atoms with E-state index >= 15 is 0 Å². The molecular weight excluding hydrogens is 192 g/mol. The minimum absolute atomic E-state index is 0.168. The highest BCUT2D eigenvalue weighted by molar-refractivity contribution is 5.77. The summed E-state index contributed by atoms with van der Waals surface area (Å²) in [5, 5.41) is 11.8. The predicted octanol–water partition coefficient (Wildman–Crippen LogP) is 0.851. The number of amides is 1. The summed E-state index contributed by atoms with van der Waals surface area (Å²) in [4.78, 5) is 12.7. The van der Waals surface area contributed by atoms with Crippen LogP contribution in [0.15, 0.2) is 0 Å². The lowest BCUT2D eigenvalue weighted by molar-refractivity contribution is -0.136. The summed E-state index contributed by atoms with van der Waals surface area (Å²) in [6.45, 7) is 12.0. The van der Waals surface area contributed by atoms with Crippen molar-refractivity contribution in [3.63, 3.8) is 0 Å². The summed E-state index contributed by atoms with van der Waals surface area (Å²) in [6.07, 6.45) is 0. The predicted molar refractivity (Wildman–Crippen MR) is 63.8 cm³/mol. The smallest absolute Gasteiger partial charge is 0.248 e. The Morgan fingerprint density at radius 3 is 2.33 bits per heavy atom. The molecule has 1 atom stereocenters. The number of aliphatic hydroxyl groups excluding tert-OH is 1. The van der Waals surface area contributed by atoms with Crippen LogP contribution >= 0.6 is 0 Å². The maximum atomic E-state index is 11.0. The van der Waals surface area contributed by atoms with Crippen LogP contribution in [0.2, 0.25) is 0 Å². The molecule has 0 aromatic carbocycles. The van der Waals surface area contributed by atoms with Gasteiger partial charge in [0.2, 0.25) is 5.91 Å². The van der Waals surface area contributed by atoms with E-state index in [0.29, 0.717) is 6.54 Å². The van der Waals surface area contributed by atoms with Gasteiger partial charge in [0.25, 0.3) is 0 Å². The number of aliphatic hydroxyl groups is 1. The van der Waals surface area contributed by atoms with Gasteiger partial charge in [-0.2, -0.15) is 0 Å². The molecule has 4 nitrogen and oxygen atoms in total. The molecule has 1 rings (SSSR count). The van der Waals surface area contributed by atoms with Gasteiger partial charge in [-0.05, 0) is 6.92 Å². The second-order valence-electron chi connectivity index (χ2n) is 2.80. The topological polar surface area (TPSA) is 52.6 Å². The Morgan fingerprint density at radius 1 is 1.40 bits per heavy atom. The van der Waals surface area contributed by atoms with E-state index in [2.05, 4.69) is 5.32 Å². The van der Waals surface area contributed by atoms with E-state index in [1.54, 1.807) is 4.90 Å². The molecule has 4 heteroatoms. The van der Waals surface area contributed by atoms with Crippen molar-refractivity contribution in [2.45, 2.75) is 40.7 Å². The molecule has 92 valence electrons. The fourth-order valence-electron chi connectivity index (χ4n) is 1.30. The highest BCUT2D eigenvalue weighted by Gasteiger charge is 2.21. The molecule has 1 saturated heterocycles. The van der Waals surface area contributed by atoms with E-state index < -0.39 is 0 Å². The van der Waals surface area contributed by atoms with E-state index in [9.17, 15) is 4.79 Å². The first-order valence-electron chi connectivity index (χ1n) is 5.86. The van der Waals surface area contributed by atoms with Gasteiger partial charge in [-0.25, -0.2) is 0 Å². The number of carbonyl (C=O) groups excluding carboxylic acids is 1. The zero-order valence-corrected chi connectivity index (χ0v) is 10.7. The van der Waals surface area contributed by atoms with Crippen LogP contribution in [0.5, 0.6) is 0 Å². The van der Waals surface area contributed by atoms with E-state index in [1.165, 1.54) is 0 Å². The highest BCUT2D eigenvalue weighted by atomic mass is 16.3. The standard InChI is InChI=1S/C7H14N2O2.2C2H6/c1-6-4-8-2-3-9(6)7(11)5-10;2*1-2/h6,8,10H,2-5H2,1H3;2*1-2H3/t6-;;/m0../s1. The number of carbonyl (C=O) groups is 1. The van der Waals surface area contributed by atoms with Crippen LogP contribution < -0.4 is 5.32 Å². The molecule has 0 saturated carbocycles. The molecule has 1 fully saturated rings. The number of hydrogen-bond donors (Lipinski definition) is 2. The van der Waals surface area contributed by atoms with Gasteiger partial charge in [0.1, 0.15) is 6.61 Å². The molecule has 0 aromatic heterocycles. The third-order valence-corrected chi connectivity index (χ3v) is 1.96. The van der Waals surface area contributed by atoms with Crippen molar-refractivity contribution in [3.8, 4) is 0 Å². The SMILES string of the molecule is CC.CC.C[C@H]1CNCCN1C(=O)CO. The van der Waals surface area contributed by atoms with Gasteiger partial charge in [-0.1, -0.05) is 27.7 Å². The fourth-order valence-corrected chi connectivity index (χ4v) is 1.30. The van der Waals surface area contributed by atoms with Crippen molar-refractivity contribution in [1.82, 2.24) is 10.2 Å². The molecule has 0 aromatic rings.